The van der Waals surface area contributed by atoms with Crippen LogP contribution in [0.5, 0.6) is 11.5 Å². The monoisotopic (exact) mass is 422 g/mol. The molecule has 2 amide bonds. The molecule has 0 bridgehead atoms. The van der Waals surface area contributed by atoms with Crippen molar-refractivity contribution >= 4 is 17.5 Å². The molecular weight excluding hydrogens is 392 g/mol. The molecule has 164 valence electrons. The van der Waals surface area contributed by atoms with E-state index in [1.165, 1.54) is 19.3 Å². The lowest BCUT2D eigenvalue weighted by Gasteiger charge is -2.23. The molecular formula is C25H30N2O4. The van der Waals surface area contributed by atoms with Crippen LogP contribution in [0, 0.1) is 6.92 Å². The number of nitrogens with one attached hydrogen (secondary N) is 2. The van der Waals surface area contributed by atoms with Gasteiger partial charge in [-0.3, -0.25) is 9.59 Å². The Morgan fingerprint density at radius 3 is 2.52 bits per heavy atom. The first-order chi connectivity index (χ1) is 15.1. The lowest BCUT2D eigenvalue weighted by atomic mass is 9.95. The Labute approximate surface area is 183 Å². The number of aryl methyl sites for hydroxylation is 2. The number of carbonyl (C=O) groups excluding carboxylic acids is 2. The van der Waals surface area contributed by atoms with Crippen LogP contribution in [0.15, 0.2) is 36.4 Å². The first-order valence-electron chi connectivity index (χ1n) is 11.2. The molecule has 1 fully saturated rings. The summed E-state index contributed by atoms with van der Waals surface area (Å²) >= 11 is 0. The number of rotatable bonds is 6. The van der Waals surface area contributed by atoms with Gasteiger partial charge in [-0.25, -0.2) is 0 Å². The molecule has 1 aliphatic heterocycles. The van der Waals surface area contributed by atoms with E-state index in [0.717, 1.165) is 41.2 Å². The van der Waals surface area contributed by atoms with E-state index in [-0.39, 0.29) is 17.9 Å². The smallest absolute Gasteiger partial charge is 0.251 e. The first kappa shape index (κ1) is 21.2. The molecule has 2 aromatic carbocycles. The number of benzene rings is 2. The molecule has 2 aliphatic rings. The maximum absolute atomic E-state index is 12.5. The third-order valence-electron chi connectivity index (χ3n) is 5.95. The van der Waals surface area contributed by atoms with Gasteiger partial charge in [-0.2, -0.15) is 0 Å². The Morgan fingerprint density at radius 2 is 1.74 bits per heavy atom. The number of ether oxygens (including phenoxy) is 2. The molecule has 0 atom stereocenters. The molecule has 31 heavy (non-hydrogen) atoms. The summed E-state index contributed by atoms with van der Waals surface area (Å²) in [5.74, 6) is 1.40. The van der Waals surface area contributed by atoms with Crippen LogP contribution in [-0.4, -0.2) is 31.1 Å². The summed E-state index contributed by atoms with van der Waals surface area (Å²) in [6.07, 6.45) is 6.72. The second-order valence-electron chi connectivity index (χ2n) is 8.36. The highest BCUT2D eigenvalue weighted by Gasteiger charge is 2.17. The first-order valence-corrected chi connectivity index (χ1v) is 11.2. The van der Waals surface area contributed by atoms with E-state index in [1.54, 1.807) is 6.07 Å². The normalized spacial score (nSPS) is 15.9. The summed E-state index contributed by atoms with van der Waals surface area (Å²) < 4.78 is 11.1. The fourth-order valence-corrected chi connectivity index (χ4v) is 4.17. The minimum Gasteiger partial charge on any atom is -0.486 e. The van der Waals surface area contributed by atoms with Crippen LogP contribution < -0.4 is 20.1 Å². The minimum atomic E-state index is -0.0580. The van der Waals surface area contributed by atoms with Crippen LogP contribution in [-0.2, 0) is 11.2 Å². The summed E-state index contributed by atoms with van der Waals surface area (Å²) in [5.41, 5.74) is 3.29. The van der Waals surface area contributed by atoms with Gasteiger partial charge in [0.25, 0.3) is 5.91 Å². The van der Waals surface area contributed by atoms with Gasteiger partial charge in [-0.15, -0.1) is 0 Å². The van der Waals surface area contributed by atoms with Crippen LogP contribution in [0.3, 0.4) is 0 Å². The standard InChI is InChI=1S/C25H30N2O4/c1-17-15-19(25(29)26-20-5-3-2-4-6-20)9-10-21(17)27-24(28)12-8-18-7-11-22-23(16-18)31-14-13-30-22/h7,9-11,15-16,20H,2-6,8,12-14H2,1H3,(H,26,29)(H,27,28). The molecule has 1 heterocycles. The second kappa shape index (κ2) is 9.86. The van der Waals surface area contributed by atoms with E-state index in [1.807, 2.05) is 37.3 Å². The van der Waals surface area contributed by atoms with Crippen molar-refractivity contribution in [2.45, 2.75) is 57.9 Å². The van der Waals surface area contributed by atoms with Crippen molar-refractivity contribution in [1.29, 1.82) is 0 Å². The zero-order valence-electron chi connectivity index (χ0n) is 18.0. The molecule has 0 spiro atoms. The molecule has 0 aromatic heterocycles. The molecule has 2 N–H and O–H groups in total. The predicted molar refractivity (Wildman–Crippen MR) is 120 cm³/mol. The number of fused-ring (bicyclic) bond motifs is 1. The van der Waals surface area contributed by atoms with Crippen molar-refractivity contribution < 1.29 is 19.1 Å². The van der Waals surface area contributed by atoms with Gasteiger partial charge in [0, 0.05) is 23.7 Å². The van der Waals surface area contributed by atoms with E-state index in [9.17, 15) is 9.59 Å². The number of amides is 2. The zero-order chi connectivity index (χ0) is 21.6. The van der Waals surface area contributed by atoms with Gasteiger partial charge in [0.2, 0.25) is 5.91 Å². The lowest BCUT2D eigenvalue weighted by molar-refractivity contribution is -0.116. The number of hydrogen-bond acceptors (Lipinski definition) is 4. The molecule has 0 radical (unpaired) electrons. The highest BCUT2D eigenvalue weighted by atomic mass is 16.6. The maximum Gasteiger partial charge on any atom is 0.251 e. The highest BCUT2D eigenvalue weighted by molar-refractivity contribution is 5.96. The average Bonchev–Trinajstić information content (AvgIpc) is 2.79. The van der Waals surface area contributed by atoms with E-state index >= 15 is 0 Å². The zero-order valence-corrected chi connectivity index (χ0v) is 18.0. The Morgan fingerprint density at radius 1 is 0.968 bits per heavy atom. The van der Waals surface area contributed by atoms with Crippen molar-refractivity contribution in [2.24, 2.45) is 0 Å². The van der Waals surface area contributed by atoms with Crippen molar-refractivity contribution in [3.05, 3.63) is 53.1 Å². The summed E-state index contributed by atoms with van der Waals surface area (Å²) in [5, 5.41) is 6.10. The lowest BCUT2D eigenvalue weighted by Crippen LogP contribution is -2.36. The summed E-state index contributed by atoms with van der Waals surface area (Å²) in [4.78, 5) is 25.0. The molecule has 1 saturated carbocycles. The fraction of sp³-hybridized carbons (Fsp3) is 0.440. The van der Waals surface area contributed by atoms with Gasteiger partial charge >= 0.3 is 0 Å². The van der Waals surface area contributed by atoms with Crippen molar-refractivity contribution in [3.63, 3.8) is 0 Å². The highest BCUT2D eigenvalue weighted by Crippen LogP contribution is 2.31. The van der Waals surface area contributed by atoms with E-state index < -0.39 is 0 Å². The van der Waals surface area contributed by atoms with E-state index in [0.29, 0.717) is 31.6 Å². The van der Waals surface area contributed by atoms with E-state index in [2.05, 4.69) is 10.6 Å². The topological polar surface area (TPSA) is 76.7 Å². The fourth-order valence-electron chi connectivity index (χ4n) is 4.17. The molecule has 4 rings (SSSR count). The summed E-state index contributed by atoms with van der Waals surface area (Å²) in [6, 6.07) is 11.5. The van der Waals surface area contributed by atoms with Gasteiger partial charge in [0.05, 0.1) is 0 Å². The van der Waals surface area contributed by atoms with Gasteiger partial charge in [0.15, 0.2) is 11.5 Å². The quantitative estimate of drug-likeness (QED) is 0.723. The molecule has 2 aromatic rings. The molecule has 1 aliphatic carbocycles. The third-order valence-corrected chi connectivity index (χ3v) is 5.95. The van der Waals surface area contributed by atoms with Crippen LogP contribution in [0.2, 0.25) is 0 Å². The predicted octanol–water partition coefficient (Wildman–Crippen LogP) is 4.40. The second-order valence-corrected chi connectivity index (χ2v) is 8.36. The average molecular weight is 423 g/mol. The van der Waals surface area contributed by atoms with Gasteiger partial charge < -0.3 is 20.1 Å². The van der Waals surface area contributed by atoms with Crippen LogP contribution in [0.4, 0.5) is 5.69 Å². The van der Waals surface area contributed by atoms with Crippen LogP contribution in [0.1, 0.15) is 60.0 Å². The van der Waals surface area contributed by atoms with E-state index in [4.69, 9.17) is 9.47 Å². The van der Waals surface area contributed by atoms with Gasteiger partial charge in [0.1, 0.15) is 13.2 Å². The molecule has 0 unspecified atom stereocenters. The molecule has 6 heteroatoms. The third kappa shape index (κ3) is 5.57. The summed E-state index contributed by atoms with van der Waals surface area (Å²) in [6.45, 7) is 3.02. The largest absolute Gasteiger partial charge is 0.486 e. The minimum absolute atomic E-state index is 0.0357. The van der Waals surface area contributed by atoms with Crippen molar-refractivity contribution in [1.82, 2.24) is 5.32 Å². The maximum atomic E-state index is 12.5. The van der Waals surface area contributed by atoms with Crippen LogP contribution in [0.25, 0.3) is 0 Å². The van der Waals surface area contributed by atoms with Crippen LogP contribution >= 0.6 is 0 Å². The Hall–Kier alpha value is -3.02. The Balaban J connectivity index is 1.30. The van der Waals surface area contributed by atoms with Gasteiger partial charge in [-0.05, 0) is 67.6 Å². The molecule has 6 nitrogen and oxygen atoms in total. The van der Waals surface area contributed by atoms with Crippen molar-refractivity contribution in [3.8, 4) is 11.5 Å². The number of carbonyl (C=O) groups is 2. The van der Waals surface area contributed by atoms with Gasteiger partial charge in [-0.1, -0.05) is 25.3 Å². The molecule has 0 saturated heterocycles. The number of anilines is 1. The Bertz CT molecular complexity index is 951. The Kier molecular flexibility index (Phi) is 6.75. The SMILES string of the molecule is Cc1cc(C(=O)NC2CCCCC2)ccc1NC(=O)CCc1ccc2c(c1)OCCO2. The number of hydrogen-bond donors (Lipinski definition) is 2. The van der Waals surface area contributed by atoms with Crippen molar-refractivity contribution in [2.75, 3.05) is 18.5 Å². The summed E-state index contributed by atoms with van der Waals surface area (Å²) in [7, 11) is 0.